The highest BCUT2D eigenvalue weighted by Crippen LogP contribution is 2.18. The Hall–Kier alpha value is -1.58. The summed E-state index contributed by atoms with van der Waals surface area (Å²) in [4.78, 5) is 22.8. The summed E-state index contributed by atoms with van der Waals surface area (Å²) in [6.45, 7) is 5.36. The van der Waals surface area contributed by atoms with Crippen molar-refractivity contribution in [3.05, 3.63) is 24.8 Å². The number of hydrogen-bond acceptors (Lipinski definition) is 4. The lowest BCUT2D eigenvalue weighted by Crippen LogP contribution is -2.31. The number of hydrogen-bond donors (Lipinski definition) is 0. The van der Waals surface area contributed by atoms with Gasteiger partial charge in [0.15, 0.2) is 5.92 Å². The van der Waals surface area contributed by atoms with Gasteiger partial charge in [0.2, 0.25) is 0 Å². The molecule has 0 amide bonds. The molecule has 0 radical (unpaired) electrons. The molecule has 0 bridgehead atoms. The van der Waals surface area contributed by atoms with Crippen LogP contribution in [-0.4, -0.2) is 26.2 Å². The molecule has 4 heteroatoms. The van der Waals surface area contributed by atoms with Crippen LogP contribution in [0.1, 0.15) is 6.92 Å². The SMILES string of the molecule is C=CC(/C=C/C)C(C(=O)OC)C(=O)OC. The maximum atomic E-state index is 11.4. The third-order valence-corrected chi connectivity index (χ3v) is 1.98. The Bertz CT molecular complexity index is 252. The van der Waals surface area contributed by atoms with Gasteiger partial charge in [-0.05, 0) is 6.92 Å². The molecule has 0 aliphatic rings. The van der Waals surface area contributed by atoms with Crippen molar-refractivity contribution in [3.63, 3.8) is 0 Å². The van der Waals surface area contributed by atoms with E-state index in [0.29, 0.717) is 0 Å². The first kappa shape index (κ1) is 13.4. The van der Waals surface area contributed by atoms with E-state index in [1.165, 1.54) is 20.3 Å². The van der Waals surface area contributed by atoms with Crippen molar-refractivity contribution in [1.82, 2.24) is 0 Å². The van der Waals surface area contributed by atoms with Crippen LogP contribution in [-0.2, 0) is 19.1 Å². The zero-order valence-electron chi connectivity index (χ0n) is 9.23. The lowest BCUT2D eigenvalue weighted by molar-refractivity contribution is -0.159. The Morgan fingerprint density at radius 2 is 1.67 bits per heavy atom. The van der Waals surface area contributed by atoms with E-state index < -0.39 is 23.8 Å². The number of rotatable bonds is 5. The molecule has 0 aromatic carbocycles. The van der Waals surface area contributed by atoms with E-state index in [1.54, 1.807) is 19.1 Å². The second-order valence-electron chi connectivity index (χ2n) is 2.86. The van der Waals surface area contributed by atoms with Gasteiger partial charge in [-0.1, -0.05) is 18.2 Å². The van der Waals surface area contributed by atoms with E-state index in [9.17, 15) is 9.59 Å². The predicted octanol–water partition coefficient (Wildman–Crippen LogP) is 1.33. The van der Waals surface area contributed by atoms with Crippen molar-refractivity contribution < 1.29 is 19.1 Å². The molecular weight excluding hydrogens is 196 g/mol. The van der Waals surface area contributed by atoms with E-state index in [0.717, 1.165) is 0 Å². The number of carbonyl (C=O) groups excluding carboxylic acids is 2. The lowest BCUT2D eigenvalue weighted by atomic mass is 9.92. The monoisotopic (exact) mass is 212 g/mol. The molecule has 4 nitrogen and oxygen atoms in total. The molecule has 0 N–H and O–H groups in total. The van der Waals surface area contributed by atoms with E-state index in [1.807, 2.05) is 0 Å². The van der Waals surface area contributed by atoms with Crippen LogP contribution < -0.4 is 0 Å². The lowest BCUT2D eigenvalue weighted by Gasteiger charge is -2.16. The van der Waals surface area contributed by atoms with Gasteiger partial charge in [-0.3, -0.25) is 9.59 Å². The second-order valence-corrected chi connectivity index (χ2v) is 2.86. The summed E-state index contributed by atoms with van der Waals surface area (Å²) in [6, 6.07) is 0. The van der Waals surface area contributed by atoms with Crippen LogP contribution in [0.25, 0.3) is 0 Å². The van der Waals surface area contributed by atoms with Crippen molar-refractivity contribution in [2.24, 2.45) is 11.8 Å². The van der Waals surface area contributed by atoms with Crippen molar-refractivity contribution in [1.29, 1.82) is 0 Å². The number of esters is 2. The van der Waals surface area contributed by atoms with Crippen LogP contribution in [0.4, 0.5) is 0 Å². The normalized spacial score (nSPS) is 12.5. The summed E-state index contributed by atoms with van der Waals surface area (Å²) >= 11 is 0. The fraction of sp³-hybridized carbons (Fsp3) is 0.455. The average molecular weight is 212 g/mol. The Morgan fingerprint density at radius 3 is 1.93 bits per heavy atom. The highest BCUT2D eigenvalue weighted by molar-refractivity contribution is 5.95. The Balaban J connectivity index is 4.97. The maximum Gasteiger partial charge on any atom is 0.320 e. The van der Waals surface area contributed by atoms with Crippen LogP contribution in [0, 0.1) is 11.8 Å². The maximum absolute atomic E-state index is 11.4. The molecule has 1 unspecified atom stereocenters. The van der Waals surface area contributed by atoms with Gasteiger partial charge in [-0.2, -0.15) is 0 Å². The van der Waals surface area contributed by atoms with Crippen molar-refractivity contribution in [3.8, 4) is 0 Å². The van der Waals surface area contributed by atoms with Gasteiger partial charge in [-0.25, -0.2) is 0 Å². The molecule has 0 aliphatic carbocycles. The second kappa shape index (κ2) is 6.81. The molecule has 0 aliphatic heterocycles. The van der Waals surface area contributed by atoms with Gasteiger partial charge < -0.3 is 9.47 Å². The third kappa shape index (κ3) is 3.58. The van der Waals surface area contributed by atoms with Crippen LogP contribution in [0.15, 0.2) is 24.8 Å². The Labute approximate surface area is 89.6 Å². The standard InChI is InChI=1S/C11H16O4/c1-5-7-8(6-2)9(10(12)14-3)11(13)15-4/h5-9H,2H2,1,3-4H3/b7-5+. The first-order valence-corrected chi connectivity index (χ1v) is 4.53. The minimum absolute atomic E-state index is 0.408. The van der Waals surface area contributed by atoms with Crippen molar-refractivity contribution in [2.45, 2.75) is 6.92 Å². The molecule has 0 saturated carbocycles. The molecule has 0 fully saturated rings. The fourth-order valence-corrected chi connectivity index (χ4v) is 1.21. The molecular formula is C11H16O4. The van der Waals surface area contributed by atoms with Crippen molar-refractivity contribution >= 4 is 11.9 Å². The largest absolute Gasteiger partial charge is 0.468 e. The summed E-state index contributed by atoms with van der Waals surface area (Å²) in [7, 11) is 2.46. The first-order chi connectivity index (χ1) is 7.12. The third-order valence-electron chi connectivity index (χ3n) is 1.98. The van der Waals surface area contributed by atoms with Crippen molar-refractivity contribution in [2.75, 3.05) is 14.2 Å². The van der Waals surface area contributed by atoms with Gasteiger partial charge in [0.05, 0.1) is 14.2 Å². The number of methoxy groups -OCH3 is 2. The molecule has 0 spiro atoms. The first-order valence-electron chi connectivity index (χ1n) is 4.53. The van der Waals surface area contributed by atoms with Gasteiger partial charge in [0.25, 0.3) is 0 Å². The van der Waals surface area contributed by atoms with Gasteiger partial charge >= 0.3 is 11.9 Å². The zero-order valence-corrected chi connectivity index (χ0v) is 9.23. The van der Waals surface area contributed by atoms with Gasteiger partial charge in [0, 0.05) is 5.92 Å². The molecule has 15 heavy (non-hydrogen) atoms. The van der Waals surface area contributed by atoms with E-state index >= 15 is 0 Å². The van der Waals surface area contributed by atoms with Gasteiger partial charge in [0.1, 0.15) is 0 Å². The highest BCUT2D eigenvalue weighted by atomic mass is 16.5. The molecule has 0 aromatic heterocycles. The van der Waals surface area contributed by atoms with Crippen LogP contribution >= 0.6 is 0 Å². The Kier molecular flexibility index (Phi) is 6.09. The average Bonchev–Trinajstić information content (AvgIpc) is 2.27. The summed E-state index contributed by atoms with van der Waals surface area (Å²) in [6.07, 6.45) is 4.95. The Morgan fingerprint density at radius 1 is 1.20 bits per heavy atom. The fourth-order valence-electron chi connectivity index (χ4n) is 1.21. The molecule has 84 valence electrons. The zero-order chi connectivity index (χ0) is 11.8. The minimum Gasteiger partial charge on any atom is -0.468 e. The number of allylic oxidation sites excluding steroid dienone is 3. The summed E-state index contributed by atoms with van der Waals surface area (Å²) < 4.78 is 9.09. The summed E-state index contributed by atoms with van der Waals surface area (Å²) in [5, 5.41) is 0. The van der Waals surface area contributed by atoms with E-state index in [-0.39, 0.29) is 0 Å². The van der Waals surface area contributed by atoms with E-state index in [4.69, 9.17) is 0 Å². The van der Waals surface area contributed by atoms with E-state index in [2.05, 4.69) is 16.1 Å². The molecule has 0 heterocycles. The highest BCUT2D eigenvalue weighted by Gasteiger charge is 2.33. The molecule has 1 atom stereocenters. The van der Waals surface area contributed by atoms with Crippen LogP contribution in [0.2, 0.25) is 0 Å². The molecule has 0 rings (SSSR count). The van der Waals surface area contributed by atoms with Crippen LogP contribution in [0.5, 0.6) is 0 Å². The smallest absolute Gasteiger partial charge is 0.320 e. The summed E-state index contributed by atoms with van der Waals surface area (Å²) in [5.74, 6) is -2.63. The van der Waals surface area contributed by atoms with Crippen LogP contribution in [0.3, 0.4) is 0 Å². The predicted molar refractivity (Wildman–Crippen MR) is 56.0 cm³/mol. The van der Waals surface area contributed by atoms with Gasteiger partial charge in [-0.15, -0.1) is 6.58 Å². The number of carbonyl (C=O) groups is 2. The topological polar surface area (TPSA) is 52.6 Å². The quantitative estimate of drug-likeness (QED) is 0.392. The number of ether oxygens (including phenoxy) is 2. The molecule has 0 saturated heterocycles. The molecule has 0 aromatic rings. The summed E-state index contributed by atoms with van der Waals surface area (Å²) in [5.41, 5.74) is 0. The minimum atomic E-state index is -0.978.